The van der Waals surface area contributed by atoms with E-state index in [1.165, 1.54) is 5.69 Å². The van der Waals surface area contributed by atoms with E-state index in [1.54, 1.807) is 4.68 Å². The summed E-state index contributed by atoms with van der Waals surface area (Å²) in [6.45, 7) is 5.16. The molecule has 1 aliphatic heterocycles. The van der Waals surface area contributed by atoms with Crippen molar-refractivity contribution in [3.63, 3.8) is 0 Å². The molecule has 0 saturated carbocycles. The lowest BCUT2D eigenvalue weighted by atomic mass is 10.3. The average molecular weight is 435 g/mol. The third-order valence-corrected chi connectivity index (χ3v) is 5.67. The molecule has 0 atom stereocenters. The number of anilines is 2. The van der Waals surface area contributed by atoms with Gasteiger partial charge in [-0.1, -0.05) is 41.5 Å². The van der Waals surface area contributed by atoms with Gasteiger partial charge in [-0.25, -0.2) is 0 Å². The van der Waals surface area contributed by atoms with Crippen molar-refractivity contribution in [1.82, 2.24) is 30.4 Å². The van der Waals surface area contributed by atoms with Crippen LogP contribution in [0.4, 0.5) is 11.6 Å². The van der Waals surface area contributed by atoms with E-state index in [0.717, 1.165) is 50.8 Å². The topological polar surface area (TPSA) is 82.4 Å². The third kappa shape index (κ3) is 5.61. The van der Waals surface area contributed by atoms with E-state index < -0.39 is 0 Å². The van der Waals surface area contributed by atoms with E-state index in [4.69, 9.17) is 0 Å². The van der Waals surface area contributed by atoms with E-state index >= 15 is 0 Å². The van der Waals surface area contributed by atoms with Crippen LogP contribution in [0, 0.1) is 0 Å². The molecule has 0 aliphatic carbocycles. The number of aromatic nitrogens is 4. The zero-order chi connectivity index (χ0) is 22.2. The monoisotopic (exact) mass is 434 g/mol. The Hall–Kier alpha value is -3.46. The van der Waals surface area contributed by atoms with Crippen molar-refractivity contribution >= 4 is 17.5 Å². The standard InChI is InChI=1S/C23H30N8O/c1-28(20-9-4-2-5-10-20)14-8-13-24-22(32)19-29-15-17-30(18-16-29)23-25-26-27-31(23)21-11-6-3-7-12-21/h2-7,9-12H,8,13-19H2,1H3,(H,24,32). The first-order valence-electron chi connectivity index (χ1n) is 11.0. The molecule has 0 spiro atoms. The summed E-state index contributed by atoms with van der Waals surface area (Å²) >= 11 is 0. The van der Waals surface area contributed by atoms with E-state index in [2.05, 4.69) is 54.7 Å². The Morgan fingerprint density at radius 1 is 1.00 bits per heavy atom. The third-order valence-electron chi connectivity index (χ3n) is 5.67. The van der Waals surface area contributed by atoms with Gasteiger partial charge in [-0.05, 0) is 41.1 Å². The first kappa shape index (κ1) is 21.8. The molecule has 1 amide bonds. The minimum Gasteiger partial charge on any atom is -0.375 e. The quantitative estimate of drug-likeness (QED) is 0.510. The minimum absolute atomic E-state index is 0.0786. The molecule has 0 bridgehead atoms. The Morgan fingerprint density at radius 2 is 1.69 bits per heavy atom. The van der Waals surface area contributed by atoms with Gasteiger partial charge in [0.25, 0.3) is 0 Å². The fraction of sp³-hybridized carbons (Fsp3) is 0.391. The molecular formula is C23H30N8O. The highest BCUT2D eigenvalue weighted by molar-refractivity contribution is 5.78. The van der Waals surface area contributed by atoms with Gasteiger partial charge in [0.2, 0.25) is 11.9 Å². The molecule has 1 fully saturated rings. The molecule has 9 nitrogen and oxygen atoms in total. The Balaban J connectivity index is 1.17. The second kappa shape index (κ2) is 10.7. The van der Waals surface area contributed by atoms with Crippen molar-refractivity contribution in [2.75, 3.05) is 62.7 Å². The number of carbonyl (C=O) groups is 1. The van der Waals surface area contributed by atoms with Crippen LogP contribution < -0.4 is 15.1 Å². The van der Waals surface area contributed by atoms with Gasteiger partial charge < -0.3 is 15.1 Å². The van der Waals surface area contributed by atoms with Crippen molar-refractivity contribution in [2.24, 2.45) is 0 Å². The normalized spacial score (nSPS) is 14.3. The first-order valence-corrected chi connectivity index (χ1v) is 11.0. The Kier molecular flexibility index (Phi) is 7.29. The highest BCUT2D eigenvalue weighted by Crippen LogP contribution is 2.17. The number of hydrogen-bond acceptors (Lipinski definition) is 7. The molecule has 1 aromatic heterocycles. The smallest absolute Gasteiger partial charge is 0.250 e. The first-order chi connectivity index (χ1) is 15.7. The van der Waals surface area contributed by atoms with Crippen LogP contribution in [0.5, 0.6) is 0 Å². The van der Waals surface area contributed by atoms with Gasteiger partial charge in [0, 0.05) is 52.0 Å². The number of amides is 1. The van der Waals surface area contributed by atoms with Crippen LogP contribution in [0.2, 0.25) is 0 Å². The number of rotatable bonds is 9. The molecule has 0 radical (unpaired) electrons. The molecule has 1 N–H and O–H groups in total. The predicted octanol–water partition coefficient (Wildman–Crippen LogP) is 1.43. The summed E-state index contributed by atoms with van der Waals surface area (Å²) in [6, 6.07) is 20.2. The zero-order valence-corrected chi connectivity index (χ0v) is 18.5. The number of tetrazole rings is 1. The molecule has 2 heterocycles. The molecule has 32 heavy (non-hydrogen) atoms. The number of nitrogens with one attached hydrogen (secondary N) is 1. The number of benzene rings is 2. The van der Waals surface area contributed by atoms with E-state index in [1.807, 2.05) is 48.5 Å². The summed E-state index contributed by atoms with van der Waals surface area (Å²) in [5.74, 6) is 0.817. The molecule has 1 saturated heterocycles. The molecule has 3 aromatic rings. The summed E-state index contributed by atoms with van der Waals surface area (Å²) in [4.78, 5) is 18.9. The number of hydrogen-bond donors (Lipinski definition) is 1. The lowest BCUT2D eigenvalue weighted by molar-refractivity contribution is -0.122. The number of nitrogens with zero attached hydrogens (tertiary/aromatic N) is 7. The Bertz CT molecular complexity index is 970. The van der Waals surface area contributed by atoms with Gasteiger partial charge in [0.05, 0.1) is 12.2 Å². The molecule has 9 heteroatoms. The summed E-state index contributed by atoms with van der Waals surface area (Å²) < 4.78 is 1.76. The van der Waals surface area contributed by atoms with Crippen LogP contribution >= 0.6 is 0 Å². The minimum atomic E-state index is 0.0786. The fourth-order valence-electron chi connectivity index (χ4n) is 3.84. The van der Waals surface area contributed by atoms with Crippen LogP contribution in [0.3, 0.4) is 0 Å². The Morgan fingerprint density at radius 3 is 2.41 bits per heavy atom. The SMILES string of the molecule is CN(CCCNC(=O)CN1CCN(c2nnnn2-c2ccccc2)CC1)c1ccccc1. The summed E-state index contributed by atoms with van der Waals surface area (Å²) in [5, 5.41) is 15.3. The van der Waals surface area contributed by atoms with Gasteiger partial charge in [-0.3, -0.25) is 9.69 Å². The van der Waals surface area contributed by atoms with Crippen molar-refractivity contribution in [3.8, 4) is 5.69 Å². The van der Waals surface area contributed by atoms with Crippen molar-refractivity contribution in [3.05, 3.63) is 60.7 Å². The van der Waals surface area contributed by atoms with Gasteiger partial charge in [-0.2, -0.15) is 4.68 Å². The van der Waals surface area contributed by atoms with Gasteiger partial charge in [0.1, 0.15) is 0 Å². The van der Waals surface area contributed by atoms with Crippen LogP contribution in [0.15, 0.2) is 60.7 Å². The number of para-hydroxylation sites is 2. The predicted molar refractivity (Wildman–Crippen MR) is 125 cm³/mol. The van der Waals surface area contributed by atoms with Crippen molar-refractivity contribution in [2.45, 2.75) is 6.42 Å². The van der Waals surface area contributed by atoms with Crippen LogP contribution in [-0.2, 0) is 4.79 Å². The highest BCUT2D eigenvalue weighted by Gasteiger charge is 2.23. The highest BCUT2D eigenvalue weighted by atomic mass is 16.2. The maximum absolute atomic E-state index is 12.4. The maximum atomic E-state index is 12.4. The molecule has 4 rings (SSSR count). The van der Waals surface area contributed by atoms with Gasteiger partial charge in [0.15, 0.2) is 0 Å². The lowest BCUT2D eigenvalue weighted by Gasteiger charge is -2.34. The number of piperazine rings is 1. The molecular weight excluding hydrogens is 404 g/mol. The van der Waals surface area contributed by atoms with E-state index in [0.29, 0.717) is 13.1 Å². The second-order valence-corrected chi connectivity index (χ2v) is 7.95. The van der Waals surface area contributed by atoms with Gasteiger partial charge >= 0.3 is 0 Å². The van der Waals surface area contributed by atoms with Crippen molar-refractivity contribution in [1.29, 1.82) is 0 Å². The molecule has 0 unspecified atom stereocenters. The van der Waals surface area contributed by atoms with Crippen LogP contribution in [-0.4, -0.2) is 83.9 Å². The molecule has 2 aromatic carbocycles. The lowest BCUT2D eigenvalue weighted by Crippen LogP contribution is -2.50. The summed E-state index contributed by atoms with van der Waals surface area (Å²) in [7, 11) is 2.07. The molecule has 168 valence electrons. The van der Waals surface area contributed by atoms with Crippen LogP contribution in [0.1, 0.15) is 6.42 Å². The summed E-state index contributed by atoms with van der Waals surface area (Å²) in [6.07, 6.45) is 0.910. The summed E-state index contributed by atoms with van der Waals surface area (Å²) in [5.41, 5.74) is 2.13. The second-order valence-electron chi connectivity index (χ2n) is 7.95. The van der Waals surface area contributed by atoms with Crippen molar-refractivity contribution < 1.29 is 4.79 Å². The van der Waals surface area contributed by atoms with E-state index in [-0.39, 0.29) is 5.91 Å². The largest absolute Gasteiger partial charge is 0.375 e. The number of carbonyl (C=O) groups excluding carboxylic acids is 1. The fourth-order valence-corrected chi connectivity index (χ4v) is 3.84. The average Bonchev–Trinajstić information content (AvgIpc) is 3.33. The maximum Gasteiger partial charge on any atom is 0.250 e. The van der Waals surface area contributed by atoms with E-state index in [9.17, 15) is 4.79 Å². The van der Waals surface area contributed by atoms with Crippen LogP contribution in [0.25, 0.3) is 5.69 Å². The van der Waals surface area contributed by atoms with Gasteiger partial charge in [-0.15, -0.1) is 0 Å². The zero-order valence-electron chi connectivity index (χ0n) is 18.5. The molecule has 1 aliphatic rings. The Labute approximate surface area is 188 Å².